The third-order valence-corrected chi connectivity index (χ3v) is 6.61. The van der Waals surface area contributed by atoms with Gasteiger partial charge in [0.15, 0.2) is 5.75 Å². The summed E-state index contributed by atoms with van der Waals surface area (Å²) in [5.41, 5.74) is -1.21. The number of pyridine rings is 1. The summed E-state index contributed by atoms with van der Waals surface area (Å²) in [5, 5.41) is 41.1. The Balaban J connectivity index is 1.85. The Hall–Kier alpha value is -2.58. The van der Waals surface area contributed by atoms with Crippen molar-refractivity contribution in [2.75, 3.05) is 24.6 Å². The molecule has 156 valence electrons. The summed E-state index contributed by atoms with van der Waals surface area (Å²) in [6.45, 7) is 4.25. The molecular weight excluding hydrogens is 376 g/mol. The first-order valence-electron chi connectivity index (χ1n) is 9.91. The third kappa shape index (κ3) is 2.98. The average molecular weight is 402 g/mol. The molecule has 2 aliphatic rings. The number of carboxylic acids is 1. The fraction of sp³-hybridized carbons (Fsp3) is 0.524. The summed E-state index contributed by atoms with van der Waals surface area (Å²) in [4.78, 5) is 26.1. The Bertz CT molecular complexity index is 1030. The van der Waals surface area contributed by atoms with Crippen molar-refractivity contribution < 1.29 is 25.2 Å². The van der Waals surface area contributed by atoms with Gasteiger partial charge in [0, 0.05) is 37.2 Å². The van der Waals surface area contributed by atoms with Crippen LogP contribution < -0.4 is 10.3 Å². The molecular formula is C21H26N2O6. The van der Waals surface area contributed by atoms with Gasteiger partial charge in [0.2, 0.25) is 5.43 Å². The first kappa shape index (κ1) is 19.7. The van der Waals surface area contributed by atoms with Crippen molar-refractivity contribution in [2.45, 2.75) is 38.3 Å². The van der Waals surface area contributed by atoms with Crippen molar-refractivity contribution in [3.63, 3.8) is 0 Å². The van der Waals surface area contributed by atoms with Crippen LogP contribution in [0.5, 0.6) is 5.75 Å². The van der Waals surface area contributed by atoms with E-state index in [1.165, 1.54) is 6.20 Å². The largest absolute Gasteiger partial charge is 0.504 e. The van der Waals surface area contributed by atoms with E-state index in [9.17, 15) is 30.0 Å². The van der Waals surface area contributed by atoms with Crippen molar-refractivity contribution >= 4 is 22.6 Å². The summed E-state index contributed by atoms with van der Waals surface area (Å²) in [7, 11) is 0. The number of phenols is 1. The Morgan fingerprint density at radius 1 is 1.21 bits per heavy atom. The highest BCUT2D eigenvalue weighted by atomic mass is 16.4. The molecule has 2 unspecified atom stereocenters. The first-order chi connectivity index (χ1) is 13.7. The molecule has 2 fully saturated rings. The lowest BCUT2D eigenvalue weighted by Gasteiger charge is -2.47. The highest BCUT2D eigenvalue weighted by molar-refractivity contribution is 5.96. The predicted molar refractivity (Wildman–Crippen MR) is 108 cm³/mol. The van der Waals surface area contributed by atoms with Crippen LogP contribution in [0.15, 0.2) is 23.1 Å². The molecule has 1 aliphatic carbocycles. The van der Waals surface area contributed by atoms with Crippen molar-refractivity contribution in [1.29, 1.82) is 0 Å². The van der Waals surface area contributed by atoms with Crippen LogP contribution in [0.25, 0.3) is 10.9 Å². The molecule has 0 radical (unpaired) electrons. The Kier molecular flexibility index (Phi) is 4.59. The van der Waals surface area contributed by atoms with Gasteiger partial charge in [-0.1, -0.05) is 13.8 Å². The predicted octanol–water partition coefficient (Wildman–Crippen LogP) is 1.56. The quantitative estimate of drug-likeness (QED) is 0.612. The monoisotopic (exact) mass is 402 g/mol. The molecule has 1 saturated carbocycles. The van der Waals surface area contributed by atoms with Crippen LogP contribution >= 0.6 is 0 Å². The lowest BCUT2D eigenvalue weighted by molar-refractivity contribution is -0.102. The van der Waals surface area contributed by atoms with E-state index in [0.717, 1.165) is 12.8 Å². The number of benzene rings is 1. The zero-order chi connectivity index (χ0) is 21.1. The van der Waals surface area contributed by atoms with Crippen molar-refractivity contribution in [1.82, 2.24) is 4.57 Å². The van der Waals surface area contributed by atoms with Crippen molar-refractivity contribution in [3.8, 4) is 5.75 Å². The van der Waals surface area contributed by atoms with E-state index in [-0.39, 0.29) is 41.2 Å². The van der Waals surface area contributed by atoms with Gasteiger partial charge in [-0.15, -0.1) is 0 Å². The molecule has 1 saturated heterocycles. The second kappa shape index (κ2) is 6.74. The molecule has 2 heterocycles. The number of carboxylic acid groups (broad SMARTS) is 1. The lowest BCUT2D eigenvalue weighted by atomic mass is 9.75. The number of anilines is 1. The minimum Gasteiger partial charge on any atom is -0.504 e. The molecule has 8 nitrogen and oxygen atoms in total. The summed E-state index contributed by atoms with van der Waals surface area (Å²) < 4.78 is 1.71. The van der Waals surface area contributed by atoms with Crippen LogP contribution in [0, 0.1) is 11.8 Å². The van der Waals surface area contributed by atoms with E-state index in [0.29, 0.717) is 24.3 Å². The Morgan fingerprint density at radius 2 is 1.83 bits per heavy atom. The standard InChI is InChI=1S/C21H26N2O6/c1-11-7-22(8-12(2)21(11,29)10-24)16-6-5-14-17(19(16)26)23(13-3-4-13)9-15(18(14)25)20(27)28/h5-6,9,11-13,24,26,29H,3-4,7-8,10H2,1-2H3,(H,27,28). The van der Waals surface area contributed by atoms with Gasteiger partial charge in [0.25, 0.3) is 0 Å². The van der Waals surface area contributed by atoms with E-state index in [1.54, 1.807) is 16.7 Å². The highest BCUT2D eigenvalue weighted by Gasteiger charge is 2.44. The van der Waals surface area contributed by atoms with E-state index < -0.39 is 17.0 Å². The smallest absolute Gasteiger partial charge is 0.341 e. The highest BCUT2D eigenvalue weighted by Crippen LogP contribution is 2.43. The first-order valence-corrected chi connectivity index (χ1v) is 9.91. The van der Waals surface area contributed by atoms with Gasteiger partial charge < -0.3 is 29.9 Å². The van der Waals surface area contributed by atoms with E-state index in [4.69, 9.17) is 0 Å². The fourth-order valence-corrected chi connectivity index (χ4v) is 4.52. The molecule has 4 N–H and O–H groups in total. The SMILES string of the molecule is CC1CN(c2ccc3c(=O)c(C(=O)O)cn(C4CC4)c3c2O)CC(C)C1(O)CO. The number of aromatic carboxylic acids is 1. The number of piperidine rings is 1. The van der Waals surface area contributed by atoms with Gasteiger partial charge in [-0.05, 0) is 25.0 Å². The molecule has 0 amide bonds. The molecule has 8 heteroatoms. The average Bonchev–Trinajstić information content (AvgIpc) is 3.51. The Morgan fingerprint density at radius 3 is 2.34 bits per heavy atom. The molecule has 29 heavy (non-hydrogen) atoms. The molecule has 2 atom stereocenters. The van der Waals surface area contributed by atoms with Gasteiger partial charge in [0.1, 0.15) is 5.56 Å². The van der Waals surface area contributed by atoms with Crippen LogP contribution in [-0.4, -0.2) is 56.3 Å². The zero-order valence-electron chi connectivity index (χ0n) is 16.5. The second-order valence-electron chi connectivity index (χ2n) is 8.50. The molecule has 1 aromatic carbocycles. The number of aliphatic hydroxyl groups excluding tert-OH is 1. The number of aromatic nitrogens is 1. The number of fused-ring (bicyclic) bond motifs is 1. The molecule has 1 aliphatic heterocycles. The third-order valence-electron chi connectivity index (χ3n) is 6.61. The van der Waals surface area contributed by atoms with Crippen LogP contribution in [0.4, 0.5) is 5.69 Å². The molecule has 2 aromatic rings. The number of hydrogen-bond donors (Lipinski definition) is 4. The van der Waals surface area contributed by atoms with Crippen LogP contribution in [0.3, 0.4) is 0 Å². The van der Waals surface area contributed by atoms with Crippen LogP contribution in [0.2, 0.25) is 0 Å². The summed E-state index contributed by atoms with van der Waals surface area (Å²) in [6.07, 6.45) is 3.06. The molecule has 1 aromatic heterocycles. The zero-order valence-corrected chi connectivity index (χ0v) is 16.5. The van der Waals surface area contributed by atoms with Crippen LogP contribution in [-0.2, 0) is 0 Å². The number of rotatable bonds is 4. The van der Waals surface area contributed by atoms with Crippen molar-refractivity contribution in [2.24, 2.45) is 11.8 Å². The maximum Gasteiger partial charge on any atom is 0.341 e. The molecule has 0 bridgehead atoms. The number of hydrogen-bond acceptors (Lipinski definition) is 6. The van der Waals surface area contributed by atoms with E-state index in [2.05, 4.69) is 0 Å². The second-order valence-corrected chi connectivity index (χ2v) is 8.50. The number of phenolic OH excluding ortho intramolecular Hbond substituents is 1. The molecule has 4 rings (SSSR count). The molecule has 0 spiro atoms. The normalized spacial score (nSPS) is 27.4. The minimum atomic E-state index is -1.28. The summed E-state index contributed by atoms with van der Waals surface area (Å²) >= 11 is 0. The number of aliphatic hydroxyl groups is 2. The fourth-order valence-electron chi connectivity index (χ4n) is 4.52. The van der Waals surface area contributed by atoms with Gasteiger partial charge >= 0.3 is 5.97 Å². The van der Waals surface area contributed by atoms with Gasteiger partial charge in [0.05, 0.1) is 28.8 Å². The van der Waals surface area contributed by atoms with E-state index >= 15 is 0 Å². The Labute approximate surface area is 167 Å². The van der Waals surface area contributed by atoms with Gasteiger partial charge in [-0.25, -0.2) is 4.79 Å². The van der Waals surface area contributed by atoms with E-state index in [1.807, 2.05) is 18.7 Å². The number of aromatic hydroxyl groups is 1. The van der Waals surface area contributed by atoms with Gasteiger partial charge in [-0.3, -0.25) is 4.79 Å². The van der Waals surface area contributed by atoms with Crippen LogP contribution in [0.1, 0.15) is 43.1 Å². The van der Waals surface area contributed by atoms with Crippen molar-refractivity contribution in [3.05, 3.63) is 34.1 Å². The summed E-state index contributed by atoms with van der Waals surface area (Å²) in [5.74, 6) is -1.80. The number of carbonyl (C=O) groups is 1. The maximum atomic E-state index is 12.7. The lowest BCUT2D eigenvalue weighted by Crippen LogP contribution is -2.58. The topological polar surface area (TPSA) is 123 Å². The van der Waals surface area contributed by atoms with Gasteiger partial charge in [-0.2, -0.15) is 0 Å². The number of nitrogens with zero attached hydrogens (tertiary/aromatic N) is 2. The maximum absolute atomic E-state index is 12.7. The summed E-state index contributed by atoms with van der Waals surface area (Å²) in [6, 6.07) is 3.27. The minimum absolute atomic E-state index is 0.0581.